The fourth-order valence-electron chi connectivity index (χ4n) is 1.85. The van der Waals surface area contributed by atoms with Crippen LogP contribution in [0.3, 0.4) is 0 Å². The van der Waals surface area contributed by atoms with Gasteiger partial charge < -0.3 is 19.0 Å². The molecule has 0 fully saturated rings. The van der Waals surface area contributed by atoms with Crippen LogP contribution in [0.5, 0.6) is 17.2 Å². The molecule has 0 bridgehead atoms. The molecule has 5 nitrogen and oxygen atoms in total. The van der Waals surface area contributed by atoms with Crippen LogP contribution in [0, 0.1) is 0 Å². The summed E-state index contributed by atoms with van der Waals surface area (Å²) in [5, 5.41) is 10.3. The van der Waals surface area contributed by atoms with E-state index in [9.17, 15) is 9.90 Å². The van der Waals surface area contributed by atoms with E-state index in [2.05, 4.69) is 0 Å². The maximum Gasteiger partial charge on any atom is 0.383 e. The maximum absolute atomic E-state index is 12.0. The molecule has 0 saturated carbocycles. The molecule has 2 rings (SSSR count). The number of fused-ring (bicyclic) bond motifs is 1. The molecule has 0 atom stereocenters. The van der Waals surface area contributed by atoms with Gasteiger partial charge in [0.2, 0.25) is 5.75 Å². The average Bonchev–Trinajstić information content (AvgIpc) is 2.34. The first-order valence-electron chi connectivity index (χ1n) is 6.52. The zero-order valence-corrected chi connectivity index (χ0v) is 12.0. The van der Waals surface area contributed by atoms with E-state index in [1.54, 1.807) is 12.1 Å². The highest BCUT2D eigenvalue weighted by molar-refractivity contribution is 5.89. The van der Waals surface area contributed by atoms with Gasteiger partial charge in [0.1, 0.15) is 0 Å². The van der Waals surface area contributed by atoms with E-state index >= 15 is 0 Å². The van der Waals surface area contributed by atoms with Gasteiger partial charge in [-0.2, -0.15) is 0 Å². The molecule has 108 valence electrons. The first-order valence-corrected chi connectivity index (χ1v) is 6.52. The van der Waals surface area contributed by atoms with Crippen molar-refractivity contribution in [3.63, 3.8) is 0 Å². The van der Waals surface area contributed by atoms with Crippen molar-refractivity contribution in [1.82, 2.24) is 0 Å². The molecule has 0 aliphatic heterocycles. The van der Waals surface area contributed by atoms with Crippen molar-refractivity contribution in [3.05, 3.63) is 28.6 Å². The van der Waals surface area contributed by atoms with E-state index in [0.717, 1.165) is 0 Å². The van der Waals surface area contributed by atoms with Crippen molar-refractivity contribution in [1.29, 1.82) is 0 Å². The van der Waals surface area contributed by atoms with E-state index in [1.165, 1.54) is 6.07 Å². The van der Waals surface area contributed by atoms with Crippen LogP contribution in [0.4, 0.5) is 0 Å². The molecule has 0 aliphatic rings. The van der Waals surface area contributed by atoms with Crippen LogP contribution in [-0.4, -0.2) is 17.3 Å². The second kappa shape index (κ2) is 5.45. The number of hydrogen-bond donors (Lipinski definition) is 1. The summed E-state index contributed by atoms with van der Waals surface area (Å²) in [6, 6.07) is 4.82. The van der Waals surface area contributed by atoms with Crippen molar-refractivity contribution in [3.8, 4) is 17.2 Å². The summed E-state index contributed by atoms with van der Waals surface area (Å²) in [5.74, 6) is 0.229. The Bertz CT molecular complexity index is 670. The molecule has 1 aromatic carbocycles. The predicted octanol–water partition coefficient (Wildman–Crippen LogP) is 3.07. The Balaban J connectivity index is 2.77. The number of benzene rings is 1. The molecular weight excluding hydrogens is 260 g/mol. The Morgan fingerprint density at radius 1 is 1.05 bits per heavy atom. The van der Waals surface area contributed by atoms with Crippen LogP contribution < -0.4 is 15.1 Å². The minimum Gasteiger partial charge on any atom is -0.504 e. The van der Waals surface area contributed by atoms with Gasteiger partial charge in [-0.3, -0.25) is 0 Å². The summed E-state index contributed by atoms with van der Waals surface area (Å²) in [6.45, 7) is 7.32. The number of rotatable bonds is 4. The van der Waals surface area contributed by atoms with E-state index in [-0.39, 0.29) is 29.3 Å². The number of aromatic hydroxyl groups is 1. The molecule has 0 unspecified atom stereocenters. The Kier molecular flexibility index (Phi) is 3.88. The normalized spacial score (nSPS) is 11.3. The Hall–Kier alpha value is -2.17. The molecule has 2 aromatic rings. The van der Waals surface area contributed by atoms with Gasteiger partial charge in [0.15, 0.2) is 17.1 Å². The lowest BCUT2D eigenvalue weighted by Gasteiger charge is -2.17. The highest BCUT2D eigenvalue weighted by Crippen LogP contribution is 2.37. The summed E-state index contributed by atoms with van der Waals surface area (Å²) >= 11 is 0. The maximum atomic E-state index is 12.0. The van der Waals surface area contributed by atoms with Crippen LogP contribution in [0.2, 0.25) is 0 Å². The minimum absolute atomic E-state index is 0.0341. The van der Waals surface area contributed by atoms with Gasteiger partial charge >= 0.3 is 5.63 Å². The van der Waals surface area contributed by atoms with Crippen molar-refractivity contribution >= 4 is 11.0 Å². The monoisotopic (exact) mass is 278 g/mol. The van der Waals surface area contributed by atoms with Gasteiger partial charge in [-0.25, -0.2) is 4.79 Å². The van der Waals surface area contributed by atoms with Crippen molar-refractivity contribution < 1.29 is 19.0 Å². The fraction of sp³-hybridized carbons (Fsp3) is 0.400. The van der Waals surface area contributed by atoms with E-state index in [4.69, 9.17) is 13.9 Å². The Labute approximate surface area is 116 Å². The molecule has 1 aromatic heterocycles. The Morgan fingerprint density at radius 2 is 1.65 bits per heavy atom. The standard InChI is InChI=1S/C15H18O5/c1-8(2)18-13-10-6-5-7-11(16)12(10)20-15(17)14(13)19-9(3)4/h5-9,16H,1-4H3. The third kappa shape index (κ3) is 2.71. The quantitative estimate of drug-likeness (QED) is 0.870. The lowest BCUT2D eigenvalue weighted by Crippen LogP contribution is -2.17. The number of ether oxygens (including phenoxy) is 2. The minimum atomic E-state index is -0.664. The molecular formula is C15H18O5. The molecule has 20 heavy (non-hydrogen) atoms. The van der Waals surface area contributed by atoms with E-state index < -0.39 is 5.63 Å². The predicted molar refractivity (Wildman–Crippen MR) is 75.7 cm³/mol. The Morgan fingerprint density at radius 3 is 2.25 bits per heavy atom. The lowest BCUT2D eigenvalue weighted by molar-refractivity contribution is 0.193. The van der Waals surface area contributed by atoms with Gasteiger partial charge in [-0.05, 0) is 39.8 Å². The molecule has 0 amide bonds. The topological polar surface area (TPSA) is 68.9 Å². The molecule has 0 saturated heterocycles. The van der Waals surface area contributed by atoms with Crippen LogP contribution in [0.1, 0.15) is 27.7 Å². The molecule has 1 heterocycles. The average molecular weight is 278 g/mol. The number of phenols is 1. The smallest absolute Gasteiger partial charge is 0.383 e. The zero-order valence-electron chi connectivity index (χ0n) is 12.0. The van der Waals surface area contributed by atoms with E-state index in [0.29, 0.717) is 11.1 Å². The summed E-state index contributed by atoms with van der Waals surface area (Å²) in [4.78, 5) is 12.0. The summed E-state index contributed by atoms with van der Waals surface area (Å²) in [7, 11) is 0. The first-order chi connectivity index (χ1) is 9.40. The van der Waals surface area contributed by atoms with Crippen molar-refractivity contribution in [2.24, 2.45) is 0 Å². The third-order valence-electron chi connectivity index (χ3n) is 2.53. The first kappa shape index (κ1) is 14.2. The van der Waals surface area contributed by atoms with Crippen molar-refractivity contribution in [2.45, 2.75) is 39.9 Å². The second-order valence-corrected chi connectivity index (χ2v) is 5.03. The molecule has 5 heteroatoms. The molecule has 0 aliphatic carbocycles. The van der Waals surface area contributed by atoms with Gasteiger partial charge in [0, 0.05) is 0 Å². The van der Waals surface area contributed by atoms with Gasteiger partial charge in [0.25, 0.3) is 0 Å². The van der Waals surface area contributed by atoms with Crippen LogP contribution >= 0.6 is 0 Å². The van der Waals surface area contributed by atoms with Crippen LogP contribution in [-0.2, 0) is 0 Å². The fourth-order valence-corrected chi connectivity index (χ4v) is 1.85. The number of hydrogen-bond acceptors (Lipinski definition) is 5. The summed E-state index contributed by atoms with van der Waals surface area (Å²) < 4.78 is 16.3. The highest BCUT2D eigenvalue weighted by Gasteiger charge is 2.21. The molecule has 0 spiro atoms. The zero-order chi connectivity index (χ0) is 14.9. The van der Waals surface area contributed by atoms with Crippen molar-refractivity contribution in [2.75, 3.05) is 0 Å². The SMILES string of the molecule is CC(C)Oc1c(OC(C)C)c2cccc(O)c2oc1=O. The lowest BCUT2D eigenvalue weighted by atomic mass is 10.2. The van der Waals surface area contributed by atoms with Gasteiger partial charge in [-0.1, -0.05) is 6.07 Å². The number of para-hydroxylation sites is 1. The van der Waals surface area contributed by atoms with Crippen LogP contribution in [0.25, 0.3) is 11.0 Å². The molecule has 1 N–H and O–H groups in total. The molecule has 0 radical (unpaired) electrons. The van der Waals surface area contributed by atoms with Gasteiger partial charge in [-0.15, -0.1) is 0 Å². The second-order valence-electron chi connectivity index (χ2n) is 5.03. The largest absolute Gasteiger partial charge is 0.504 e. The highest BCUT2D eigenvalue weighted by atomic mass is 16.5. The van der Waals surface area contributed by atoms with Crippen LogP contribution in [0.15, 0.2) is 27.4 Å². The summed E-state index contributed by atoms with van der Waals surface area (Å²) in [5.41, 5.74) is -0.562. The third-order valence-corrected chi connectivity index (χ3v) is 2.53. The summed E-state index contributed by atoms with van der Waals surface area (Å²) in [6.07, 6.45) is -0.334. The van der Waals surface area contributed by atoms with Gasteiger partial charge in [0.05, 0.1) is 17.6 Å². The number of phenolic OH excluding ortho intramolecular Hbond substituents is 1. The van der Waals surface area contributed by atoms with E-state index in [1.807, 2.05) is 27.7 Å².